The SMILES string of the molecule is Cc1ccnc(N)c1C(C)(O)c1ccc(Br)cc1Cl. The van der Waals surface area contributed by atoms with Crippen LogP contribution in [0.25, 0.3) is 0 Å². The molecular weight excluding hydrogens is 328 g/mol. The highest BCUT2D eigenvalue weighted by Crippen LogP contribution is 2.38. The minimum atomic E-state index is -1.29. The zero-order valence-electron chi connectivity index (χ0n) is 10.6. The maximum atomic E-state index is 10.9. The fraction of sp³-hybridized carbons (Fsp3) is 0.214. The lowest BCUT2D eigenvalue weighted by Gasteiger charge is -2.28. The number of halogens is 2. The first-order chi connectivity index (χ1) is 8.84. The summed E-state index contributed by atoms with van der Waals surface area (Å²) >= 11 is 9.56. The Kier molecular flexibility index (Phi) is 3.85. The van der Waals surface area contributed by atoms with Gasteiger partial charge in [0.2, 0.25) is 0 Å². The molecule has 1 aromatic carbocycles. The highest BCUT2D eigenvalue weighted by atomic mass is 79.9. The third kappa shape index (κ3) is 2.61. The summed E-state index contributed by atoms with van der Waals surface area (Å²) < 4.78 is 0.855. The fourth-order valence-electron chi connectivity index (χ4n) is 2.23. The van der Waals surface area contributed by atoms with Gasteiger partial charge in [-0.1, -0.05) is 33.6 Å². The molecule has 1 unspecified atom stereocenters. The number of nitrogens with zero attached hydrogens (tertiary/aromatic N) is 1. The Morgan fingerprint density at radius 1 is 1.37 bits per heavy atom. The van der Waals surface area contributed by atoms with Gasteiger partial charge in [-0.3, -0.25) is 0 Å². The zero-order valence-corrected chi connectivity index (χ0v) is 13.0. The lowest BCUT2D eigenvalue weighted by atomic mass is 9.86. The number of rotatable bonds is 2. The van der Waals surface area contributed by atoms with Crippen LogP contribution in [0, 0.1) is 6.92 Å². The van der Waals surface area contributed by atoms with Crippen molar-refractivity contribution < 1.29 is 5.11 Å². The summed E-state index contributed by atoms with van der Waals surface area (Å²) in [4.78, 5) is 4.04. The summed E-state index contributed by atoms with van der Waals surface area (Å²) in [7, 11) is 0. The van der Waals surface area contributed by atoms with Gasteiger partial charge in [0, 0.05) is 26.8 Å². The molecule has 1 atom stereocenters. The predicted molar refractivity (Wildman–Crippen MR) is 81.2 cm³/mol. The summed E-state index contributed by atoms with van der Waals surface area (Å²) in [5, 5.41) is 11.3. The minimum absolute atomic E-state index is 0.309. The Bertz CT molecular complexity index is 609. The van der Waals surface area contributed by atoms with Gasteiger partial charge in [-0.05, 0) is 37.6 Å². The molecule has 0 amide bonds. The van der Waals surface area contributed by atoms with Crippen molar-refractivity contribution in [3.63, 3.8) is 0 Å². The number of aryl methyl sites for hydroxylation is 1. The number of hydrogen-bond acceptors (Lipinski definition) is 3. The molecule has 0 fully saturated rings. The lowest BCUT2D eigenvalue weighted by Crippen LogP contribution is -2.26. The summed E-state index contributed by atoms with van der Waals surface area (Å²) in [5.41, 5.74) is 6.66. The van der Waals surface area contributed by atoms with E-state index < -0.39 is 5.60 Å². The summed E-state index contributed by atoms with van der Waals surface area (Å²) in [5.74, 6) is 0.309. The van der Waals surface area contributed by atoms with E-state index in [2.05, 4.69) is 20.9 Å². The van der Waals surface area contributed by atoms with Gasteiger partial charge in [0.1, 0.15) is 11.4 Å². The molecule has 0 saturated carbocycles. The molecule has 0 spiro atoms. The van der Waals surface area contributed by atoms with Crippen molar-refractivity contribution in [3.8, 4) is 0 Å². The van der Waals surface area contributed by atoms with Crippen LogP contribution in [-0.4, -0.2) is 10.1 Å². The number of nitrogen functional groups attached to an aromatic ring is 1. The van der Waals surface area contributed by atoms with E-state index in [1.807, 2.05) is 19.1 Å². The van der Waals surface area contributed by atoms with Gasteiger partial charge in [-0.2, -0.15) is 0 Å². The number of hydrogen-bond donors (Lipinski definition) is 2. The Labute approximate surface area is 125 Å². The fourth-order valence-corrected chi connectivity index (χ4v) is 3.09. The van der Waals surface area contributed by atoms with Crippen LogP contribution in [0.4, 0.5) is 5.82 Å². The van der Waals surface area contributed by atoms with Crippen molar-refractivity contribution >= 4 is 33.3 Å². The van der Waals surface area contributed by atoms with Crippen molar-refractivity contribution in [2.24, 2.45) is 0 Å². The monoisotopic (exact) mass is 340 g/mol. The number of pyridine rings is 1. The molecule has 2 aromatic rings. The van der Waals surface area contributed by atoms with Gasteiger partial charge in [0.25, 0.3) is 0 Å². The molecule has 0 aliphatic heterocycles. The van der Waals surface area contributed by atoms with Crippen LogP contribution in [0.15, 0.2) is 34.9 Å². The molecule has 0 bridgehead atoms. The van der Waals surface area contributed by atoms with E-state index in [0.717, 1.165) is 10.0 Å². The van der Waals surface area contributed by atoms with Crippen LogP contribution in [0.2, 0.25) is 5.02 Å². The first-order valence-corrected chi connectivity index (χ1v) is 6.90. The van der Waals surface area contributed by atoms with Crippen LogP contribution in [0.3, 0.4) is 0 Å². The molecule has 0 aliphatic rings. The van der Waals surface area contributed by atoms with Crippen molar-refractivity contribution in [2.75, 3.05) is 5.73 Å². The molecule has 1 heterocycles. The molecule has 3 nitrogen and oxygen atoms in total. The van der Waals surface area contributed by atoms with E-state index in [9.17, 15) is 5.11 Å². The molecule has 1 aromatic heterocycles. The number of aliphatic hydroxyl groups is 1. The van der Waals surface area contributed by atoms with E-state index in [1.165, 1.54) is 0 Å². The van der Waals surface area contributed by atoms with Crippen LogP contribution in [-0.2, 0) is 5.60 Å². The Morgan fingerprint density at radius 3 is 2.63 bits per heavy atom. The quantitative estimate of drug-likeness (QED) is 0.876. The predicted octanol–water partition coefficient (Wildman–Crippen LogP) is 3.64. The van der Waals surface area contributed by atoms with Gasteiger partial charge in [0.15, 0.2) is 0 Å². The van der Waals surface area contributed by atoms with Gasteiger partial charge in [-0.25, -0.2) is 4.98 Å². The van der Waals surface area contributed by atoms with Crippen LogP contribution >= 0.6 is 27.5 Å². The molecule has 5 heteroatoms. The Morgan fingerprint density at radius 2 is 2.05 bits per heavy atom. The van der Waals surface area contributed by atoms with Crippen LogP contribution in [0.5, 0.6) is 0 Å². The van der Waals surface area contributed by atoms with Gasteiger partial charge in [0.05, 0.1) is 0 Å². The van der Waals surface area contributed by atoms with E-state index in [-0.39, 0.29) is 0 Å². The molecule has 0 radical (unpaired) electrons. The van der Waals surface area contributed by atoms with Crippen LogP contribution in [0.1, 0.15) is 23.6 Å². The molecule has 19 heavy (non-hydrogen) atoms. The normalized spacial score (nSPS) is 14.2. The largest absolute Gasteiger partial charge is 0.383 e. The van der Waals surface area contributed by atoms with Crippen molar-refractivity contribution in [1.29, 1.82) is 0 Å². The van der Waals surface area contributed by atoms with Gasteiger partial charge < -0.3 is 10.8 Å². The third-order valence-electron chi connectivity index (χ3n) is 3.13. The Balaban J connectivity index is 2.65. The van der Waals surface area contributed by atoms with Gasteiger partial charge >= 0.3 is 0 Å². The average molecular weight is 342 g/mol. The second kappa shape index (κ2) is 5.12. The number of aromatic nitrogens is 1. The molecule has 0 saturated heterocycles. The number of benzene rings is 1. The molecule has 3 N–H and O–H groups in total. The number of anilines is 1. The summed E-state index contributed by atoms with van der Waals surface area (Å²) in [6, 6.07) is 7.16. The molecule has 100 valence electrons. The van der Waals surface area contributed by atoms with E-state index in [4.69, 9.17) is 17.3 Å². The average Bonchev–Trinajstić information content (AvgIpc) is 2.27. The first kappa shape index (κ1) is 14.3. The van der Waals surface area contributed by atoms with Crippen LogP contribution < -0.4 is 5.73 Å². The molecule has 2 rings (SSSR count). The van der Waals surface area contributed by atoms with Gasteiger partial charge in [-0.15, -0.1) is 0 Å². The summed E-state index contributed by atoms with van der Waals surface area (Å²) in [6.45, 7) is 3.55. The Hall–Kier alpha value is -1.10. The second-order valence-electron chi connectivity index (χ2n) is 4.58. The van der Waals surface area contributed by atoms with Crippen molar-refractivity contribution in [3.05, 3.63) is 56.6 Å². The highest BCUT2D eigenvalue weighted by molar-refractivity contribution is 9.10. The molecular formula is C14H14BrClN2O. The first-order valence-electron chi connectivity index (χ1n) is 5.73. The van der Waals surface area contributed by atoms with Crippen molar-refractivity contribution in [2.45, 2.75) is 19.4 Å². The smallest absolute Gasteiger partial charge is 0.130 e. The maximum Gasteiger partial charge on any atom is 0.130 e. The highest BCUT2D eigenvalue weighted by Gasteiger charge is 2.32. The minimum Gasteiger partial charge on any atom is -0.383 e. The van der Waals surface area contributed by atoms with E-state index in [0.29, 0.717) is 22.0 Å². The number of nitrogens with two attached hydrogens (primary N) is 1. The zero-order chi connectivity index (χ0) is 14.2. The summed E-state index contributed by atoms with van der Waals surface area (Å²) in [6.07, 6.45) is 1.62. The standard InChI is InChI=1S/C14H14BrClN2O/c1-8-5-6-18-13(17)12(8)14(2,19)10-4-3-9(15)7-11(10)16/h3-7,19H,1-2H3,(H2,17,18). The topological polar surface area (TPSA) is 59.1 Å². The van der Waals surface area contributed by atoms with E-state index in [1.54, 1.807) is 25.3 Å². The van der Waals surface area contributed by atoms with Crippen molar-refractivity contribution in [1.82, 2.24) is 4.98 Å². The lowest BCUT2D eigenvalue weighted by molar-refractivity contribution is 0.102. The maximum absolute atomic E-state index is 10.9. The third-order valence-corrected chi connectivity index (χ3v) is 3.94. The second-order valence-corrected chi connectivity index (χ2v) is 5.91. The van der Waals surface area contributed by atoms with E-state index >= 15 is 0 Å². The molecule has 0 aliphatic carbocycles.